The lowest BCUT2D eigenvalue weighted by molar-refractivity contribution is -0.0592. The summed E-state index contributed by atoms with van der Waals surface area (Å²) in [5, 5.41) is 9.57. The fourth-order valence-corrected chi connectivity index (χ4v) is 5.15. The molecule has 7 nitrogen and oxygen atoms in total. The van der Waals surface area contributed by atoms with Crippen molar-refractivity contribution in [2.24, 2.45) is 0 Å². The molecule has 204 valence electrons. The zero-order valence-electron chi connectivity index (χ0n) is 21.6. The van der Waals surface area contributed by atoms with Gasteiger partial charge in [-0.2, -0.15) is 5.26 Å². The highest BCUT2D eigenvalue weighted by molar-refractivity contribution is 6.30. The Morgan fingerprint density at radius 1 is 1.15 bits per heavy atom. The van der Waals surface area contributed by atoms with Gasteiger partial charge >= 0.3 is 0 Å². The molecule has 2 aromatic heterocycles. The van der Waals surface area contributed by atoms with Crippen molar-refractivity contribution in [3.63, 3.8) is 0 Å². The van der Waals surface area contributed by atoms with Crippen LogP contribution in [0.15, 0.2) is 54.7 Å². The lowest BCUT2D eigenvalue weighted by Gasteiger charge is -2.29. The Bertz CT molecular complexity index is 1640. The molecule has 2 aliphatic rings. The Morgan fingerprint density at radius 2 is 2.02 bits per heavy atom. The standard InChI is InChI=1S/C30H26ClF2N5O2/c31-23-3-1-22(26(33)13-23)18-40-28-12-21(2-4-25(28)32)20-5-8-37(9-6-20)17-29-36-27-11-19(14-34)15-35-30(27)38(29)16-24-7-10-39-24/h1-5,11-13,15,24H,6-10,16-18H2. The van der Waals surface area contributed by atoms with E-state index in [1.54, 1.807) is 30.5 Å². The minimum absolute atomic E-state index is 0.0753. The van der Waals surface area contributed by atoms with Crippen molar-refractivity contribution >= 4 is 28.3 Å². The first-order valence-electron chi connectivity index (χ1n) is 13.1. The normalized spacial score (nSPS) is 17.4. The van der Waals surface area contributed by atoms with E-state index in [0.717, 1.165) is 48.6 Å². The van der Waals surface area contributed by atoms with Crippen molar-refractivity contribution in [2.75, 3.05) is 19.7 Å². The summed E-state index contributed by atoms with van der Waals surface area (Å²) in [5.41, 5.74) is 4.21. The Hall–Kier alpha value is -3.84. The summed E-state index contributed by atoms with van der Waals surface area (Å²) in [6.45, 7) is 3.45. The second kappa shape index (κ2) is 11.3. The summed E-state index contributed by atoms with van der Waals surface area (Å²) in [6, 6.07) is 13.0. The number of ether oxygens (including phenoxy) is 2. The molecular formula is C30H26ClF2N5O2. The van der Waals surface area contributed by atoms with Gasteiger partial charge in [-0.3, -0.25) is 4.90 Å². The highest BCUT2D eigenvalue weighted by Gasteiger charge is 2.24. The predicted molar refractivity (Wildman–Crippen MR) is 147 cm³/mol. The van der Waals surface area contributed by atoms with Crippen molar-refractivity contribution in [2.45, 2.75) is 38.6 Å². The maximum absolute atomic E-state index is 14.5. The molecule has 0 bridgehead atoms. The number of benzene rings is 2. The van der Waals surface area contributed by atoms with Crippen molar-refractivity contribution in [1.82, 2.24) is 19.4 Å². The number of halogens is 3. The SMILES string of the molecule is N#Cc1cnc2c(c1)nc(CN1CC=C(c3ccc(F)c(OCc4ccc(Cl)cc4F)c3)CC1)n2CC1CCO1. The van der Waals surface area contributed by atoms with Crippen LogP contribution in [-0.2, 0) is 24.4 Å². The highest BCUT2D eigenvalue weighted by Crippen LogP contribution is 2.29. The number of hydrogen-bond acceptors (Lipinski definition) is 6. The van der Waals surface area contributed by atoms with Gasteiger partial charge in [0.1, 0.15) is 29.8 Å². The van der Waals surface area contributed by atoms with Gasteiger partial charge in [-0.25, -0.2) is 18.7 Å². The Kier molecular flexibility index (Phi) is 7.48. The van der Waals surface area contributed by atoms with E-state index in [4.69, 9.17) is 26.1 Å². The van der Waals surface area contributed by atoms with E-state index in [0.29, 0.717) is 41.3 Å². The number of aromatic nitrogens is 3. The Balaban J connectivity index is 1.16. The number of rotatable bonds is 8. The van der Waals surface area contributed by atoms with E-state index in [9.17, 15) is 14.0 Å². The van der Waals surface area contributed by atoms with Gasteiger partial charge in [0, 0.05) is 36.5 Å². The fraction of sp³-hybridized carbons (Fsp3) is 0.300. The van der Waals surface area contributed by atoms with Crippen LogP contribution >= 0.6 is 11.6 Å². The van der Waals surface area contributed by atoms with Gasteiger partial charge in [-0.15, -0.1) is 0 Å². The van der Waals surface area contributed by atoms with Gasteiger partial charge < -0.3 is 14.0 Å². The van der Waals surface area contributed by atoms with E-state index in [-0.39, 0.29) is 18.5 Å². The fourth-order valence-electron chi connectivity index (χ4n) is 4.99. The third-order valence-electron chi connectivity index (χ3n) is 7.33. The van der Waals surface area contributed by atoms with Crippen LogP contribution in [0.4, 0.5) is 8.78 Å². The van der Waals surface area contributed by atoms with E-state index in [2.05, 4.69) is 26.6 Å². The number of nitrogens with zero attached hydrogens (tertiary/aromatic N) is 5. The summed E-state index contributed by atoms with van der Waals surface area (Å²) in [5.74, 6) is -0.0315. The van der Waals surface area contributed by atoms with E-state index in [1.165, 1.54) is 18.2 Å². The van der Waals surface area contributed by atoms with Gasteiger partial charge in [0.2, 0.25) is 0 Å². The van der Waals surface area contributed by atoms with Gasteiger partial charge in [-0.05, 0) is 54.3 Å². The number of fused-ring (bicyclic) bond motifs is 1. The number of hydrogen-bond donors (Lipinski definition) is 0. The van der Waals surface area contributed by atoms with E-state index >= 15 is 0 Å². The Morgan fingerprint density at radius 3 is 2.75 bits per heavy atom. The molecule has 4 aromatic rings. The monoisotopic (exact) mass is 561 g/mol. The molecule has 0 N–H and O–H groups in total. The van der Waals surface area contributed by atoms with Crippen molar-refractivity contribution in [1.29, 1.82) is 5.26 Å². The molecule has 2 aliphatic heterocycles. The van der Waals surface area contributed by atoms with Crippen molar-refractivity contribution in [3.05, 3.63) is 93.9 Å². The van der Waals surface area contributed by atoms with Crippen LogP contribution < -0.4 is 4.74 Å². The molecule has 40 heavy (non-hydrogen) atoms. The quantitative estimate of drug-likeness (QED) is 0.267. The molecule has 1 unspecified atom stereocenters. The van der Waals surface area contributed by atoms with E-state index in [1.807, 2.05) is 0 Å². The van der Waals surface area contributed by atoms with Gasteiger partial charge in [0.15, 0.2) is 17.2 Å². The molecule has 0 aliphatic carbocycles. The zero-order valence-corrected chi connectivity index (χ0v) is 22.4. The average molecular weight is 562 g/mol. The Labute approximate surface area is 235 Å². The molecular weight excluding hydrogens is 536 g/mol. The molecule has 1 fully saturated rings. The minimum Gasteiger partial charge on any atom is -0.486 e. The van der Waals surface area contributed by atoms with Crippen LogP contribution in [0.1, 0.15) is 35.4 Å². The third kappa shape index (κ3) is 5.56. The van der Waals surface area contributed by atoms with Crippen LogP contribution in [-0.4, -0.2) is 45.2 Å². The molecule has 0 saturated carbocycles. The van der Waals surface area contributed by atoms with Crippen molar-refractivity contribution < 1.29 is 18.3 Å². The van der Waals surface area contributed by atoms with E-state index < -0.39 is 11.6 Å². The summed E-state index contributed by atoms with van der Waals surface area (Å²) in [4.78, 5) is 11.6. The molecule has 2 aromatic carbocycles. The second-order valence-corrected chi connectivity index (χ2v) is 10.4. The number of pyridine rings is 1. The smallest absolute Gasteiger partial charge is 0.165 e. The maximum atomic E-state index is 14.5. The number of nitriles is 1. The first-order chi connectivity index (χ1) is 19.5. The summed E-state index contributed by atoms with van der Waals surface area (Å²) >= 11 is 5.81. The summed E-state index contributed by atoms with van der Waals surface area (Å²) in [6.07, 6.45) is 5.62. The number of imidazole rings is 1. The highest BCUT2D eigenvalue weighted by atomic mass is 35.5. The molecule has 6 rings (SSSR count). The molecule has 0 amide bonds. The van der Waals surface area contributed by atoms with Crippen LogP contribution in [0.2, 0.25) is 5.02 Å². The first-order valence-corrected chi connectivity index (χ1v) is 13.5. The second-order valence-electron chi connectivity index (χ2n) is 9.98. The maximum Gasteiger partial charge on any atom is 0.165 e. The molecule has 10 heteroatoms. The summed E-state index contributed by atoms with van der Waals surface area (Å²) < 4.78 is 42.0. The first kappa shape index (κ1) is 26.4. The van der Waals surface area contributed by atoms with Gasteiger partial charge in [-0.1, -0.05) is 29.8 Å². The van der Waals surface area contributed by atoms with Crippen LogP contribution in [0.25, 0.3) is 16.7 Å². The molecule has 0 radical (unpaired) electrons. The minimum atomic E-state index is -0.501. The van der Waals surface area contributed by atoms with Crippen molar-refractivity contribution in [3.8, 4) is 11.8 Å². The van der Waals surface area contributed by atoms with Crippen LogP contribution in [0.5, 0.6) is 5.75 Å². The third-order valence-corrected chi connectivity index (χ3v) is 7.57. The predicted octanol–water partition coefficient (Wildman–Crippen LogP) is 5.89. The average Bonchev–Trinajstić information content (AvgIpc) is 3.27. The zero-order chi connectivity index (χ0) is 27.6. The molecule has 1 saturated heterocycles. The lowest BCUT2D eigenvalue weighted by Crippen LogP contribution is -2.33. The van der Waals surface area contributed by atoms with Gasteiger partial charge in [0.05, 0.1) is 24.8 Å². The summed E-state index contributed by atoms with van der Waals surface area (Å²) in [7, 11) is 0. The molecule has 1 atom stereocenters. The topological polar surface area (TPSA) is 76.2 Å². The van der Waals surface area contributed by atoms with Crippen LogP contribution in [0, 0.1) is 23.0 Å². The molecule has 0 spiro atoms. The van der Waals surface area contributed by atoms with Gasteiger partial charge in [0.25, 0.3) is 0 Å². The lowest BCUT2D eigenvalue weighted by atomic mass is 9.99. The molecule has 4 heterocycles. The van der Waals surface area contributed by atoms with Crippen LogP contribution in [0.3, 0.4) is 0 Å². The largest absolute Gasteiger partial charge is 0.486 e.